The molecule has 82 valence electrons. The summed E-state index contributed by atoms with van der Waals surface area (Å²) < 4.78 is 4.87. The Balaban J connectivity index is 2.86. The molecule has 0 saturated heterocycles. The van der Waals surface area contributed by atoms with E-state index in [0.29, 0.717) is 11.6 Å². The largest absolute Gasteiger partial charge is 0.449 e. The van der Waals surface area contributed by atoms with Gasteiger partial charge in [0.15, 0.2) is 0 Å². The lowest BCUT2D eigenvalue weighted by molar-refractivity contribution is 0.161. The summed E-state index contributed by atoms with van der Waals surface area (Å²) in [7, 11) is 1.65. The molecule has 0 saturated carbocycles. The van der Waals surface area contributed by atoms with Crippen LogP contribution >= 0.6 is 11.6 Å². The monoisotopic (exact) mass is 227 g/mol. The normalized spacial score (nSPS) is 9.87. The van der Waals surface area contributed by atoms with E-state index in [4.69, 9.17) is 16.3 Å². The number of hydrogen-bond donors (Lipinski definition) is 0. The fourth-order valence-corrected chi connectivity index (χ4v) is 1.29. The third kappa shape index (κ3) is 2.86. The van der Waals surface area contributed by atoms with Crippen molar-refractivity contribution >= 4 is 23.4 Å². The van der Waals surface area contributed by atoms with E-state index in [1.165, 1.54) is 4.90 Å². The van der Waals surface area contributed by atoms with Crippen molar-refractivity contribution in [3.63, 3.8) is 0 Å². The van der Waals surface area contributed by atoms with E-state index >= 15 is 0 Å². The van der Waals surface area contributed by atoms with Crippen LogP contribution in [-0.4, -0.2) is 19.7 Å². The van der Waals surface area contributed by atoms with E-state index < -0.39 is 0 Å². The second-order valence-corrected chi connectivity index (χ2v) is 3.60. The molecule has 0 fully saturated rings. The first-order valence-electron chi connectivity index (χ1n) is 4.73. The molecule has 0 heterocycles. The average Bonchev–Trinajstić information content (AvgIpc) is 2.21. The van der Waals surface area contributed by atoms with Crippen molar-refractivity contribution in [3.05, 3.63) is 28.8 Å². The summed E-state index contributed by atoms with van der Waals surface area (Å²) in [4.78, 5) is 12.8. The third-order valence-electron chi connectivity index (χ3n) is 2.08. The van der Waals surface area contributed by atoms with E-state index in [0.717, 1.165) is 11.3 Å². The van der Waals surface area contributed by atoms with Gasteiger partial charge in [-0.05, 0) is 31.5 Å². The summed E-state index contributed by atoms with van der Waals surface area (Å²) in [6.07, 6.45) is -0.377. The van der Waals surface area contributed by atoms with Crippen LogP contribution in [0.15, 0.2) is 18.2 Å². The number of rotatable bonds is 2. The van der Waals surface area contributed by atoms with Crippen molar-refractivity contribution in [3.8, 4) is 0 Å². The first-order chi connectivity index (χ1) is 7.06. The highest BCUT2D eigenvalue weighted by Gasteiger charge is 2.11. The Morgan fingerprint density at radius 2 is 2.20 bits per heavy atom. The summed E-state index contributed by atoms with van der Waals surface area (Å²) in [6, 6.07) is 5.44. The molecular weight excluding hydrogens is 214 g/mol. The quantitative estimate of drug-likeness (QED) is 0.776. The molecule has 0 radical (unpaired) electrons. The lowest BCUT2D eigenvalue weighted by Crippen LogP contribution is -2.26. The number of amides is 1. The van der Waals surface area contributed by atoms with E-state index in [1.54, 1.807) is 20.0 Å². The van der Waals surface area contributed by atoms with E-state index in [1.807, 2.05) is 19.1 Å². The smallest absolute Gasteiger partial charge is 0.413 e. The van der Waals surface area contributed by atoms with Crippen molar-refractivity contribution < 1.29 is 9.53 Å². The standard InChI is InChI=1S/C11H14ClNO2/c1-4-15-11(14)13(3)9-6-5-8(2)10(12)7-9/h5-7H,4H2,1-3H3. The van der Waals surface area contributed by atoms with Crippen LogP contribution in [-0.2, 0) is 4.74 Å². The maximum absolute atomic E-state index is 11.4. The Kier molecular flexibility index (Phi) is 3.97. The van der Waals surface area contributed by atoms with Crippen molar-refractivity contribution in [1.82, 2.24) is 0 Å². The van der Waals surface area contributed by atoms with E-state index in [2.05, 4.69) is 0 Å². The van der Waals surface area contributed by atoms with Gasteiger partial charge in [0.1, 0.15) is 0 Å². The zero-order valence-electron chi connectivity index (χ0n) is 9.08. The molecule has 0 N–H and O–H groups in total. The van der Waals surface area contributed by atoms with Gasteiger partial charge in [0.05, 0.1) is 6.61 Å². The van der Waals surface area contributed by atoms with E-state index in [-0.39, 0.29) is 6.09 Å². The van der Waals surface area contributed by atoms with Crippen LogP contribution in [0.2, 0.25) is 5.02 Å². The molecule has 0 aliphatic heterocycles. The van der Waals surface area contributed by atoms with Gasteiger partial charge in [0.25, 0.3) is 0 Å². The van der Waals surface area contributed by atoms with Crippen LogP contribution in [0.3, 0.4) is 0 Å². The summed E-state index contributed by atoms with van der Waals surface area (Å²) in [5.74, 6) is 0. The number of halogens is 1. The molecule has 3 nitrogen and oxygen atoms in total. The Hall–Kier alpha value is -1.22. The number of aryl methyl sites for hydroxylation is 1. The molecule has 1 rings (SSSR count). The number of nitrogens with zero attached hydrogens (tertiary/aromatic N) is 1. The van der Waals surface area contributed by atoms with E-state index in [9.17, 15) is 4.79 Å². The first-order valence-corrected chi connectivity index (χ1v) is 5.10. The summed E-state index contributed by atoms with van der Waals surface area (Å²) in [6.45, 7) is 4.05. The second kappa shape index (κ2) is 5.03. The molecule has 0 bridgehead atoms. The maximum Gasteiger partial charge on any atom is 0.413 e. The van der Waals surface area contributed by atoms with Crippen molar-refractivity contribution in [2.45, 2.75) is 13.8 Å². The number of benzene rings is 1. The second-order valence-electron chi connectivity index (χ2n) is 3.19. The predicted molar refractivity (Wildman–Crippen MR) is 61.6 cm³/mol. The van der Waals surface area contributed by atoms with Gasteiger partial charge in [-0.1, -0.05) is 17.7 Å². The molecular formula is C11H14ClNO2. The number of hydrogen-bond acceptors (Lipinski definition) is 2. The number of carbonyl (C=O) groups excluding carboxylic acids is 1. The fourth-order valence-electron chi connectivity index (χ4n) is 1.12. The molecule has 15 heavy (non-hydrogen) atoms. The Bertz CT molecular complexity index is 366. The molecule has 0 atom stereocenters. The van der Waals surface area contributed by atoms with Crippen LogP contribution < -0.4 is 4.90 Å². The van der Waals surface area contributed by atoms with Crippen LogP contribution in [0.1, 0.15) is 12.5 Å². The predicted octanol–water partition coefficient (Wildman–Crippen LogP) is 3.24. The Morgan fingerprint density at radius 3 is 2.73 bits per heavy atom. The molecule has 0 unspecified atom stereocenters. The van der Waals surface area contributed by atoms with Crippen LogP contribution in [0.5, 0.6) is 0 Å². The maximum atomic E-state index is 11.4. The molecule has 0 aromatic heterocycles. The van der Waals surface area contributed by atoms with Gasteiger partial charge >= 0.3 is 6.09 Å². The number of carbonyl (C=O) groups is 1. The first kappa shape index (κ1) is 11.9. The highest BCUT2D eigenvalue weighted by Crippen LogP contribution is 2.22. The summed E-state index contributed by atoms with van der Waals surface area (Å²) >= 11 is 5.96. The highest BCUT2D eigenvalue weighted by atomic mass is 35.5. The molecule has 1 aromatic rings. The zero-order valence-corrected chi connectivity index (χ0v) is 9.84. The highest BCUT2D eigenvalue weighted by molar-refractivity contribution is 6.31. The zero-order chi connectivity index (χ0) is 11.4. The summed E-state index contributed by atoms with van der Waals surface area (Å²) in [5, 5.41) is 0.642. The van der Waals surface area contributed by atoms with Gasteiger partial charge in [0.2, 0.25) is 0 Å². The summed E-state index contributed by atoms with van der Waals surface area (Å²) in [5.41, 5.74) is 1.71. The fraction of sp³-hybridized carbons (Fsp3) is 0.364. The van der Waals surface area contributed by atoms with Gasteiger partial charge in [-0.2, -0.15) is 0 Å². The van der Waals surface area contributed by atoms with Crippen molar-refractivity contribution in [2.75, 3.05) is 18.6 Å². The van der Waals surface area contributed by atoms with Crippen molar-refractivity contribution in [2.24, 2.45) is 0 Å². The van der Waals surface area contributed by atoms with Gasteiger partial charge in [-0.15, -0.1) is 0 Å². The average molecular weight is 228 g/mol. The molecule has 1 amide bonds. The molecule has 0 aliphatic carbocycles. The molecule has 1 aromatic carbocycles. The Morgan fingerprint density at radius 1 is 1.53 bits per heavy atom. The minimum atomic E-state index is -0.377. The minimum Gasteiger partial charge on any atom is -0.449 e. The lowest BCUT2D eigenvalue weighted by Gasteiger charge is -2.17. The van der Waals surface area contributed by atoms with Crippen LogP contribution in [0, 0.1) is 6.92 Å². The minimum absolute atomic E-state index is 0.364. The SMILES string of the molecule is CCOC(=O)N(C)c1ccc(C)c(Cl)c1. The van der Waals surface area contributed by atoms with Gasteiger partial charge in [-0.25, -0.2) is 4.79 Å². The van der Waals surface area contributed by atoms with Gasteiger partial charge < -0.3 is 4.74 Å². The number of anilines is 1. The van der Waals surface area contributed by atoms with Crippen LogP contribution in [0.4, 0.5) is 10.5 Å². The Labute approximate surface area is 94.6 Å². The van der Waals surface area contributed by atoms with Crippen molar-refractivity contribution in [1.29, 1.82) is 0 Å². The molecule has 0 aliphatic rings. The lowest BCUT2D eigenvalue weighted by atomic mass is 10.2. The van der Waals surface area contributed by atoms with Gasteiger partial charge in [-0.3, -0.25) is 4.90 Å². The number of ether oxygens (including phenoxy) is 1. The molecule has 4 heteroatoms. The van der Waals surface area contributed by atoms with Crippen LogP contribution in [0.25, 0.3) is 0 Å². The van der Waals surface area contributed by atoms with Gasteiger partial charge in [0, 0.05) is 17.8 Å². The molecule has 0 spiro atoms. The topological polar surface area (TPSA) is 29.5 Å². The third-order valence-corrected chi connectivity index (χ3v) is 2.49.